The number of carbonyl (C=O) groups is 5. The van der Waals surface area contributed by atoms with E-state index in [1.807, 2.05) is 79.7 Å². The molecule has 6 aromatic rings. The normalized spacial score (nSPS) is 10.8. The molecule has 0 spiro atoms. The minimum Gasteiger partial charge on any atom is -0.478 e. The van der Waals surface area contributed by atoms with Crippen molar-refractivity contribution in [1.29, 1.82) is 0 Å². The highest BCUT2D eigenvalue weighted by atomic mass is 32.2. The number of aromatic amines is 2. The van der Waals surface area contributed by atoms with Crippen LogP contribution in [0.2, 0.25) is 0 Å². The molecule has 0 bridgehead atoms. The van der Waals surface area contributed by atoms with Gasteiger partial charge >= 0.3 is 17.9 Å². The van der Waals surface area contributed by atoms with Crippen molar-refractivity contribution in [3.8, 4) is 5.82 Å². The van der Waals surface area contributed by atoms with Crippen LogP contribution in [0, 0.1) is 73.0 Å². The standard InChI is InChI=1S/C17H17N5O3S.C13H18N2O3S.C12H16N2O3S.C6H8N2S/c1-9-6-10(2)20-17(19-9)26-8-13-11(3)15(23)22(21-13)14-5-4-12(7-18-14)16(24)25;1-5-18-12(17)10(4)11(16)7-19-13-14-8(2)6-9(3)15-13;1-4-17-11(16)6-10(15)7-18-12-13-8(2)5-9(3)14-12;1-4-3-5(2)8-6(9)7-4/h4-7,21H,8H2,1-3H3,(H,24,25);6,10H,5,7H2,1-4H3;5H,4,6-7H2,1-3H3;3H,1-2H3,(H,7,8,9). The molecule has 6 rings (SSSR count). The molecule has 20 nitrogen and oxygen atoms in total. The van der Waals surface area contributed by atoms with Crippen LogP contribution in [-0.4, -0.2) is 114 Å². The van der Waals surface area contributed by atoms with E-state index in [-0.39, 0.29) is 47.2 Å². The van der Waals surface area contributed by atoms with Crippen LogP contribution in [0.25, 0.3) is 5.82 Å². The SMILES string of the molecule is CCOC(=O)C(C)C(=O)CSc1nc(C)cc(C)n1.CCOC(=O)CC(=O)CSc1nc(C)cc(C)n1.Cc1cc(C)[nH]c(=S)n1.Cc1cc(C)nc(SCc2[nH]n(-c3ccc(C(=O)O)cn3)c(=O)c2C)n1. The summed E-state index contributed by atoms with van der Waals surface area (Å²) in [5, 5.41) is 13.7. The van der Waals surface area contributed by atoms with Gasteiger partial charge in [-0.25, -0.2) is 49.3 Å². The van der Waals surface area contributed by atoms with Crippen molar-refractivity contribution in [3.63, 3.8) is 0 Å². The number of H-pyrrole nitrogens is 2. The number of esters is 2. The first kappa shape index (κ1) is 59.8. The zero-order valence-electron chi connectivity index (χ0n) is 42.2. The third-order valence-corrected chi connectivity index (χ3v) is 12.0. The third-order valence-electron chi connectivity index (χ3n) is 9.16. The molecular weight excluding hydrogens is 1000 g/mol. The van der Waals surface area contributed by atoms with Crippen molar-refractivity contribution >= 4 is 77.0 Å². The lowest BCUT2D eigenvalue weighted by atomic mass is 10.1. The number of hydrogen-bond donors (Lipinski definition) is 3. The largest absolute Gasteiger partial charge is 0.478 e. The van der Waals surface area contributed by atoms with Gasteiger partial charge in [0.25, 0.3) is 5.56 Å². The van der Waals surface area contributed by atoms with Gasteiger partial charge in [0.15, 0.2) is 37.6 Å². The summed E-state index contributed by atoms with van der Waals surface area (Å²) in [4.78, 5) is 106. The van der Waals surface area contributed by atoms with Gasteiger partial charge < -0.3 is 19.6 Å². The number of ketones is 2. The van der Waals surface area contributed by atoms with E-state index in [9.17, 15) is 28.8 Å². The van der Waals surface area contributed by atoms with Crippen LogP contribution in [0.15, 0.2) is 62.9 Å². The lowest BCUT2D eigenvalue weighted by Crippen LogP contribution is -2.24. The van der Waals surface area contributed by atoms with Crippen LogP contribution >= 0.6 is 47.5 Å². The Morgan fingerprint density at radius 3 is 1.62 bits per heavy atom. The van der Waals surface area contributed by atoms with E-state index in [0.29, 0.717) is 44.0 Å². The number of ether oxygens (including phenoxy) is 2. The lowest BCUT2D eigenvalue weighted by Gasteiger charge is -2.09. The maximum absolute atomic E-state index is 12.5. The number of nitrogens with one attached hydrogen (secondary N) is 2. The van der Waals surface area contributed by atoms with Crippen molar-refractivity contribution in [3.05, 3.63) is 120 Å². The Morgan fingerprint density at radius 2 is 1.18 bits per heavy atom. The predicted octanol–water partition coefficient (Wildman–Crippen LogP) is 7.68. The van der Waals surface area contributed by atoms with Crippen LogP contribution in [0.3, 0.4) is 0 Å². The van der Waals surface area contributed by atoms with Crippen molar-refractivity contribution in [1.82, 2.24) is 54.6 Å². The predicted molar refractivity (Wildman–Crippen MR) is 277 cm³/mol. The Hall–Kier alpha value is -6.50. The van der Waals surface area contributed by atoms with Crippen molar-refractivity contribution in [2.45, 2.75) is 111 Å². The van der Waals surface area contributed by atoms with Crippen molar-refractivity contribution in [2.75, 3.05) is 24.7 Å². The minimum atomic E-state index is -1.07. The summed E-state index contributed by atoms with van der Waals surface area (Å²) >= 11 is 8.73. The molecule has 0 aliphatic rings. The number of aromatic carboxylic acids is 1. The highest BCUT2D eigenvalue weighted by Gasteiger charge is 2.23. The molecule has 72 heavy (non-hydrogen) atoms. The number of pyridine rings is 1. The number of thioether (sulfide) groups is 3. The molecule has 0 aliphatic carbocycles. The number of nitrogens with zero attached hydrogens (tertiary/aromatic N) is 9. The van der Waals surface area contributed by atoms with Crippen molar-refractivity contribution in [2.24, 2.45) is 5.92 Å². The third kappa shape index (κ3) is 21.1. The summed E-state index contributed by atoms with van der Waals surface area (Å²) in [7, 11) is 0. The quantitative estimate of drug-likeness (QED) is 0.0259. The van der Waals surface area contributed by atoms with Crippen LogP contribution in [0.5, 0.6) is 0 Å². The fourth-order valence-electron chi connectivity index (χ4n) is 5.89. The highest BCUT2D eigenvalue weighted by Crippen LogP contribution is 2.21. The molecule has 1 unspecified atom stereocenters. The van der Waals surface area contributed by atoms with Crippen LogP contribution in [0.4, 0.5) is 0 Å². The van der Waals surface area contributed by atoms with Gasteiger partial charge in [-0.15, -0.1) is 0 Å². The summed E-state index contributed by atoms with van der Waals surface area (Å²) in [5.41, 5.74) is 8.43. The van der Waals surface area contributed by atoms with E-state index < -0.39 is 23.8 Å². The van der Waals surface area contributed by atoms with E-state index in [4.69, 9.17) is 26.8 Å². The summed E-state index contributed by atoms with van der Waals surface area (Å²) in [6.45, 7) is 22.5. The Labute approximate surface area is 435 Å². The fraction of sp³-hybridized carbons (Fsp3) is 0.396. The number of carboxylic acids is 1. The van der Waals surface area contributed by atoms with Crippen LogP contribution in [-0.2, 0) is 34.4 Å². The molecule has 0 aromatic carbocycles. The summed E-state index contributed by atoms with van der Waals surface area (Å²) in [6, 6.07) is 10.5. The zero-order chi connectivity index (χ0) is 53.7. The Balaban J connectivity index is 0.000000267. The first-order valence-electron chi connectivity index (χ1n) is 22.2. The van der Waals surface area contributed by atoms with Gasteiger partial charge in [-0.05, 0) is 132 Å². The monoisotopic (exact) mass is 1060 g/mol. The second-order valence-electron chi connectivity index (χ2n) is 15.7. The number of aromatic nitrogens is 11. The molecule has 6 heterocycles. The lowest BCUT2D eigenvalue weighted by molar-refractivity contribution is -0.150. The second-order valence-corrected chi connectivity index (χ2v) is 18.9. The van der Waals surface area contributed by atoms with E-state index >= 15 is 0 Å². The number of rotatable bonds is 17. The molecule has 0 saturated carbocycles. The van der Waals surface area contributed by atoms with E-state index in [1.165, 1.54) is 58.3 Å². The van der Waals surface area contributed by atoms with Crippen LogP contribution < -0.4 is 5.56 Å². The van der Waals surface area contributed by atoms with Gasteiger partial charge in [0.2, 0.25) is 0 Å². The zero-order valence-corrected chi connectivity index (χ0v) is 45.5. The maximum Gasteiger partial charge on any atom is 0.337 e. The summed E-state index contributed by atoms with van der Waals surface area (Å²) < 4.78 is 11.4. The first-order chi connectivity index (χ1) is 34.0. The van der Waals surface area contributed by atoms with Crippen LogP contribution in [0.1, 0.15) is 94.4 Å². The Morgan fingerprint density at radius 1 is 0.694 bits per heavy atom. The molecular formula is C48H59N11O9S4. The molecule has 3 N–H and O–H groups in total. The van der Waals surface area contributed by atoms with Gasteiger partial charge in [-0.1, -0.05) is 35.3 Å². The molecule has 0 saturated heterocycles. The summed E-state index contributed by atoms with van der Waals surface area (Å²) in [6.07, 6.45) is 1.03. The number of carboxylic acid groups (broad SMARTS) is 1. The van der Waals surface area contributed by atoms with Gasteiger partial charge in [0.05, 0.1) is 36.0 Å². The number of aryl methyl sites for hydroxylation is 8. The second kappa shape index (κ2) is 29.7. The Kier molecular flexibility index (Phi) is 24.7. The highest BCUT2D eigenvalue weighted by molar-refractivity contribution is 8.00. The van der Waals surface area contributed by atoms with Gasteiger partial charge in [-0.2, -0.15) is 0 Å². The average Bonchev–Trinajstić information content (AvgIpc) is 3.57. The number of carbonyl (C=O) groups excluding carboxylic acids is 4. The van der Waals surface area contributed by atoms with Gasteiger partial charge in [0, 0.05) is 63.1 Å². The molecule has 6 aromatic heterocycles. The van der Waals surface area contributed by atoms with Gasteiger partial charge in [0.1, 0.15) is 12.3 Å². The Bertz CT molecular complexity index is 2880. The molecule has 1 atom stereocenters. The topological polar surface area (TPSA) is 281 Å². The molecule has 24 heteroatoms. The molecule has 384 valence electrons. The average molecular weight is 1060 g/mol. The minimum absolute atomic E-state index is 0.0628. The van der Waals surface area contributed by atoms with Crippen molar-refractivity contribution < 1.29 is 38.6 Å². The fourth-order valence-corrected chi connectivity index (χ4v) is 8.92. The maximum atomic E-state index is 12.5. The van der Waals surface area contributed by atoms with Gasteiger partial charge in [-0.3, -0.25) is 29.1 Å². The number of hydrogen-bond acceptors (Lipinski definition) is 20. The molecule has 0 fully saturated rings. The van der Waals surface area contributed by atoms with E-state index in [2.05, 4.69) is 50.0 Å². The molecule has 0 radical (unpaired) electrons. The number of Topliss-reactive ketones (excluding diaryl/α,β-unsaturated/α-hetero) is 2. The molecule has 0 aliphatic heterocycles. The van der Waals surface area contributed by atoms with E-state index in [1.54, 1.807) is 27.7 Å². The first-order valence-corrected chi connectivity index (χ1v) is 25.6. The summed E-state index contributed by atoms with van der Waals surface area (Å²) in [5.74, 6) is -1.93. The molecule has 0 amide bonds. The van der Waals surface area contributed by atoms with E-state index in [0.717, 1.165) is 51.2 Å². The smallest absolute Gasteiger partial charge is 0.337 e.